The monoisotopic (exact) mass is 370 g/mol. The summed E-state index contributed by atoms with van der Waals surface area (Å²) in [7, 11) is 0. The highest BCUT2D eigenvalue weighted by Crippen LogP contribution is 2.39. The van der Waals surface area contributed by atoms with Crippen LogP contribution in [0.4, 0.5) is 5.69 Å². The molecule has 0 radical (unpaired) electrons. The Morgan fingerprint density at radius 3 is 2.73 bits per heavy atom. The average Bonchev–Trinajstić information content (AvgIpc) is 3.17. The normalized spacial score (nSPS) is 21.8. The molecule has 6 nitrogen and oxygen atoms in total. The highest BCUT2D eigenvalue weighted by Gasteiger charge is 2.37. The molecular weight excluding hydrogens is 352 g/mol. The second-order valence-corrected chi connectivity index (χ2v) is 7.54. The summed E-state index contributed by atoms with van der Waals surface area (Å²) >= 11 is 1.68. The molecule has 0 aliphatic carbocycles. The number of thioether (sulfide) groups is 1. The van der Waals surface area contributed by atoms with Gasteiger partial charge in [0, 0.05) is 24.4 Å². The molecule has 1 fully saturated rings. The van der Waals surface area contributed by atoms with Gasteiger partial charge in [-0.2, -0.15) is 0 Å². The molecule has 7 heteroatoms. The van der Waals surface area contributed by atoms with Gasteiger partial charge in [-0.1, -0.05) is 18.2 Å². The maximum absolute atomic E-state index is 13.0. The number of hydrogen-bond acceptors (Lipinski definition) is 5. The molecule has 0 bridgehead atoms. The van der Waals surface area contributed by atoms with Crippen LogP contribution in [-0.4, -0.2) is 34.1 Å². The summed E-state index contributed by atoms with van der Waals surface area (Å²) in [5.41, 5.74) is 2.10. The molecule has 2 aliphatic rings. The van der Waals surface area contributed by atoms with Crippen molar-refractivity contribution in [2.24, 2.45) is 0 Å². The zero-order valence-electron chi connectivity index (χ0n) is 14.0. The van der Waals surface area contributed by atoms with E-state index in [1.807, 2.05) is 29.2 Å². The molecule has 2 aromatic rings. The number of para-hydroxylation sites is 1. The van der Waals surface area contributed by atoms with Crippen LogP contribution in [0.3, 0.4) is 0 Å². The van der Waals surface area contributed by atoms with Crippen molar-refractivity contribution >= 4 is 23.4 Å². The summed E-state index contributed by atoms with van der Waals surface area (Å²) in [4.78, 5) is 25.3. The Kier molecular flexibility index (Phi) is 4.55. The highest BCUT2D eigenvalue weighted by molar-refractivity contribution is 7.99. The number of ether oxygens (including phenoxy) is 1. The smallest absolute Gasteiger partial charge is 0.269 e. The number of carbonyl (C=O) groups is 1. The molecule has 134 valence electrons. The molecule has 0 aromatic heterocycles. The number of non-ortho nitro benzene ring substituents is 1. The number of benzene rings is 2. The van der Waals surface area contributed by atoms with Gasteiger partial charge in [-0.15, -0.1) is 11.8 Å². The van der Waals surface area contributed by atoms with E-state index in [9.17, 15) is 14.9 Å². The van der Waals surface area contributed by atoms with Crippen molar-refractivity contribution in [3.8, 4) is 5.75 Å². The van der Waals surface area contributed by atoms with Gasteiger partial charge in [-0.25, -0.2) is 0 Å². The number of nitro groups is 1. The predicted octanol–water partition coefficient (Wildman–Crippen LogP) is 3.56. The van der Waals surface area contributed by atoms with E-state index >= 15 is 0 Å². The lowest BCUT2D eigenvalue weighted by atomic mass is 10.0. The third kappa shape index (κ3) is 3.14. The average molecular weight is 370 g/mol. The maximum atomic E-state index is 13.0. The Labute approximate surface area is 155 Å². The van der Waals surface area contributed by atoms with Gasteiger partial charge in [0.25, 0.3) is 11.6 Å². The Hall–Kier alpha value is -2.54. The molecule has 4 rings (SSSR count). The highest BCUT2D eigenvalue weighted by atomic mass is 32.2. The minimum Gasteiger partial charge on any atom is -0.480 e. The lowest BCUT2D eigenvalue weighted by Gasteiger charge is -2.31. The lowest BCUT2D eigenvalue weighted by molar-refractivity contribution is -0.384. The molecule has 0 saturated carbocycles. The van der Waals surface area contributed by atoms with Gasteiger partial charge in [0.05, 0.1) is 4.92 Å². The molecule has 26 heavy (non-hydrogen) atoms. The molecule has 0 spiro atoms. The van der Waals surface area contributed by atoms with E-state index in [1.165, 1.54) is 12.1 Å². The molecular formula is C19H18N2O4S. The van der Waals surface area contributed by atoms with Crippen molar-refractivity contribution in [3.05, 3.63) is 69.8 Å². The summed E-state index contributed by atoms with van der Waals surface area (Å²) in [5, 5.41) is 10.7. The Morgan fingerprint density at radius 2 is 1.96 bits per heavy atom. The molecule has 2 aromatic carbocycles. The van der Waals surface area contributed by atoms with Gasteiger partial charge in [-0.05, 0) is 42.2 Å². The van der Waals surface area contributed by atoms with Crippen LogP contribution in [0.2, 0.25) is 0 Å². The molecule has 2 unspecified atom stereocenters. The first-order chi connectivity index (χ1) is 12.6. The summed E-state index contributed by atoms with van der Waals surface area (Å²) in [6.07, 6.45) is 1.03. The number of aryl methyl sites for hydroxylation is 1. The van der Waals surface area contributed by atoms with Crippen molar-refractivity contribution in [3.63, 3.8) is 0 Å². The van der Waals surface area contributed by atoms with E-state index in [4.69, 9.17) is 4.74 Å². The third-order valence-corrected chi connectivity index (χ3v) is 6.02. The number of carbonyl (C=O) groups excluding carboxylic acids is 1. The minimum absolute atomic E-state index is 0.00661. The molecule has 2 atom stereocenters. The van der Waals surface area contributed by atoms with Crippen LogP contribution in [0.5, 0.6) is 5.75 Å². The largest absolute Gasteiger partial charge is 0.480 e. The fourth-order valence-corrected chi connectivity index (χ4v) is 4.68. The van der Waals surface area contributed by atoms with Gasteiger partial charge >= 0.3 is 0 Å². The number of hydrogen-bond donors (Lipinski definition) is 0. The van der Waals surface area contributed by atoms with E-state index in [0.29, 0.717) is 13.0 Å². The van der Waals surface area contributed by atoms with E-state index in [-0.39, 0.29) is 17.0 Å². The number of fused-ring (bicyclic) bond motifs is 1. The fourth-order valence-electron chi connectivity index (χ4n) is 3.42. The summed E-state index contributed by atoms with van der Waals surface area (Å²) in [6, 6.07) is 14.3. The summed E-state index contributed by atoms with van der Waals surface area (Å²) in [5.74, 6) is 1.63. The number of amides is 1. The molecule has 1 saturated heterocycles. The topological polar surface area (TPSA) is 72.7 Å². The second-order valence-electron chi connectivity index (χ2n) is 6.36. The van der Waals surface area contributed by atoms with Crippen molar-refractivity contribution < 1.29 is 14.5 Å². The lowest BCUT2D eigenvalue weighted by Crippen LogP contribution is -2.43. The first-order valence-corrected chi connectivity index (χ1v) is 9.59. The van der Waals surface area contributed by atoms with Crippen molar-refractivity contribution in [1.82, 2.24) is 4.90 Å². The molecule has 0 N–H and O–H groups in total. The summed E-state index contributed by atoms with van der Waals surface area (Å²) in [6.45, 7) is 0.659. The first kappa shape index (κ1) is 16.9. The van der Waals surface area contributed by atoms with E-state index < -0.39 is 11.0 Å². The van der Waals surface area contributed by atoms with Crippen molar-refractivity contribution in [2.45, 2.75) is 24.3 Å². The van der Waals surface area contributed by atoms with Crippen LogP contribution in [0.15, 0.2) is 48.5 Å². The van der Waals surface area contributed by atoms with Gasteiger partial charge < -0.3 is 9.64 Å². The van der Waals surface area contributed by atoms with Crippen LogP contribution in [0.25, 0.3) is 0 Å². The maximum Gasteiger partial charge on any atom is 0.269 e. The van der Waals surface area contributed by atoms with E-state index in [2.05, 4.69) is 0 Å². The number of nitro benzene ring substituents is 1. The second kappa shape index (κ2) is 6.99. The van der Waals surface area contributed by atoms with Gasteiger partial charge in [0.2, 0.25) is 0 Å². The number of rotatable bonds is 3. The van der Waals surface area contributed by atoms with Crippen LogP contribution < -0.4 is 4.74 Å². The Balaban J connectivity index is 1.51. The molecule has 1 amide bonds. The van der Waals surface area contributed by atoms with Crippen molar-refractivity contribution in [1.29, 1.82) is 0 Å². The van der Waals surface area contributed by atoms with Crippen LogP contribution >= 0.6 is 11.8 Å². The van der Waals surface area contributed by atoms with Gasteiger partial charge in [-0.3, -0.25) is 14.9 Å². The van der Waals surface area contributed by atoms with E-state index in [1.54, 1.807) is 23.9 Å². The van der Waals surface area contributed by atoms with Crippen LogP contribution in [-0.2, 0) is 11.2 Å². The Morgan fingerprint density at radius 1 is 1.19 bits per heavy atom. The van der Waals surface area contributed by atoms with Crippen LogP contribution in [0, 0.1) is 10.1 Å². The number of nitrogens with zero attached hydrogens (tertiary/aromatic N) is 2. The van der Waals surface area contributed by atoms with Gasteiger partial charge in [0.15, 0.2) is 6.10 Å². The molecule has 2 aliphatic heterocycles. The first-order valence-electron chi connectivity index (χ1n) is 8.54. The minimum atomic E-state index is -0.468. The third-order valence-electron chi connectivity index (χ3n) is 4.76. The summed E-state index contributed by atoms with van der Waals surface area (Å²) < 4.78 is 5.95. The fraction of sp³-hybridized carbons (Fsp3) is 0.316. The SMILES string of the molecule is O=C(C1CCc2ccccc2O1)N1CCSC1c1ccc([N+](=O)[O-])cc1. The van der Waals surface area contributed by atoms with Gasteiger partial charge in [0.1, 0.15) is 11.1 Å². The Bertz CT molecular complexity index is 840. The standard InChI is InChI=1S/C19H18N2O4S/c22-18(17-10-7-13-3-1-2-4-16(13)25-17)20-11-12-26-19(20)14-5-8-15(9-6-14)21(23)24/h1-6,8-9,17,19H,7,10-12H2. The van der Waals surface area contributed by atoms with Crippen LogP contribution in [0.1, 0.15) is 22.9 Å². The zero-order chi connectivity index (χ0) is 18.1. The zero-order valence-corrected chi connectivity index (χ0v) is 14.9. The quantitative estimate of drug-likeness (QED) is 0.610. The molecule has 2 heterocycles. The van der Waals surface area contributed by atoms with E-state index in [0.717, 1.165) is 29.1 Å². The van der Waals surface area contributed by atoms with Crippen molar-refractivity contribution in [2.75, 3.05) is 12.3 Å². The predicted molar refractivity (Wildman–Crippen MR) is 99.2 cm³/mol.